The quantitative estimate of drug-likeness (QED) is 0.708. The molecule has 2 heterocycles. The monoisotopic (exact) mass is 431 g/mol. The van der Waals surface area contributed by atoms with E-state index in [2.05, 4.69) is 10.3 Å². The van der Waals surface area contributed by atoms with E-state index in [4.69, 9.17) is 4.74 Å². The molecule has 2 aromatic rings. The Kier molecular flexibility index (Phi) is 6.40. The minimum atomic E-state index is -0.355. The number of carbonyl (C=O) groups excluding carboxylic acids is 2. The molecule has 0 atom stereocenters. The Bertz CT molecular complexity index is 1080. The molecule has 2 aliphatic heterocycles. The van der Waals surface area contributed by atoms with Gasteiger partial charge in [0.15, 0.2) is 0 Å². The minimum absolute atomic E-state index is 0.0998. The van der Waals surface area contributed by atoms with Crippen LogP contribution >= 0.6 is 0 Å². The third-order valence-electron chi connectivity index (χ3n) is 5.74. The molecule has 6 nitrogen and oxygen atoms in total. The second kappa shape index (κ2) is 9.39. The topological polar surface area (TPSA) is 71.0 Å². The van der Waals surface area contributed by atoms with E-state index in [1.807, 2.05) is 67.3 Å². The number of nitrogens with one attached hydrogen (secondary N) is 1. The highest BCUT2D eigenvalue weighted by molar-refractivity contribution is 6.08. The number of anilines is 1. The van der Waals surface area contributed by atoms with Crippen LogP contribution in [0.4, 0.5) is 5.69 Å². The van der Waals surface area contributed by atoms with Crippen molar-refractivity contribution in [2.24, 2.45) is 4.99 Å². The van der Waals surface area contributed by atoms with Gasteiger partial charge in [-0.15, -0.1) is 0 Å². The first-order valence-electron chi connectivity index (χ1n) is 11.1. The molecular formula is C26H29N3O3. The molecule has 0 spiro atoms. The van der Waals surface area contributed by atoms with Crippen molar-refractivity contribution in [1.29, 1.82) is 0 Å². The van der Waals surface area contributed by atoms with E-state index >= 15 is 0 Å². The van der Waals surface area contributed by atoms with Gasteiger partial charge in [0.1, 0.15) is 5.84 Å². The summed E-state index contributed by atoms with van der Waals surface area (Å²) in [4.78, 5) is 31.5. The number of amidine groups is 1. The van der Waals surface area contributed by atoms with Crippen molar-refractivity contribution in [3.8, 4) is 11.1 Å². The number of amides is 1. The van der Waals surface area contributed by atoms with Gasteiger partial charge in [-0.25, -0.2) is 4.79 Å². The molecule has 1 fully saturated rings. The van der Waals surface area contributed by atoms with E-state index < -0.39 is 0 Å². The number of benzene rings is 2. The fraction of sp³-hybridized carbons (Fsp3) is 0.346. The molecule has 166 valence electrons. The molecule has 1 N–H and O–H groups in total. The highest BCUT2D eigenvalue weighted by Crippen LogP contribution is 2.30. The van der Waals surface area contributed by atoms with E-state index in [0.717, 1.165) is 59.7 Å². The van der Waals surface area contributed by atoms with Crippen LogP contribution in [0.15, 0.2) is 53.0 Å². The van der Waals surface area contributed by atoms with Gasteiger partial charge in [-0.2, -0.15) is 0 Å². The normalized spacial score (nSPS) is 16.9. The maximum absolute atomic E-state index is 12.6. The summed E-state index contributed by atoms with van der Waals surface area (Å²) in [6.07, 6.45) is 4.42. The smallest absolute Gasteiger partial charge is 0.334 e. The lowest BCUT2D eigenvalue weighted by Crippen LogP contribution is -2.27. The van der Waals surface area contributed by atoms with Crippen LogP contribution in [-0.2, 0) is 9.53 Å². The van der Waals surface area contributed by atoms with Gasteiger partial charge in [0.05, 0.1) is 7.11 Å². The van der Waals surface area contributed by atoms with Crippen molar-refractivity contribution < 1.29 is 14.3 Å². The maximum Gasteiger partial charge on any atom is 0.334 e. The molecule has 0 radical (unpaired) electrons. The number of rotatable bonds is 4. The third kappa shape index (κ3) is 4.74. The van der Waals surface area contributed by atoms with Crippen LogP contribution in [0.5, 0.6) is 0 Å². The largest absolute Gasteiger partial charge is 0.466 e. The van der Waals surface area contributed by atoms with E-state index in [0.29, 0.717) is 12.0 Å². The Hall–Kier alpha value is -3.41. The van der Waals surface area contributed by atoms with E-state index in [-0.39, 0.29) is 17.9 Å². The molecule has 0 unspecified atom stereocenters. The summed E-state index contributed by atoms with van der Waals surface area (Å²) in [5.41, 5.74) is 5.09. The summed E-state index contributed by atoms with van der Waals surface area (Å²) >= 11 is 0. The van der Waals surface area contributed by atoms with Gasteiger partial charge in [0, 0.05) is 42.4 Å². The fourth-order valence-electron chi connectivity index (χ4n) is 4.15. The standard InChI is InChI=1S/C26H29N3O3/c1-17(2)27-24-16-22(26(31)32-3)15-21-14-20(10-11-23(21)28-24)18-6-8-19(9-7-18)25(30)29-12-4-5-13-29/h6-11,14-15,17H,4-5,12-13,16H2,1-3H3,(H,27,28). The van der Waals surface area contributed by atoms with Crippen LogP contribution < -0.4 is 5.32 Å². The van der Waals surface area contributed by atoms with Crippen LogP contribution in [0.1, 0.15) is 49.0 Å². The molecule has 4 rings (SSSR count). The Morgan fingerprint density at radius 3 is 2.38 bits per heavy atom. The molecule has 1 amide bonds. The SMILES string of the molecule is COC(=O)C1=Cc2cc(-c3ccc(C(=O)N4CCCC4)cc3)ccc2NC(=NC(C)C)C1. The number of hydrogen-bond acceptors (Lipinski definition) is 4. The second-order valence-corrected chi connectivity index (χ2v) is 8.51. The third-order valence-corrected chi connectivity index (χ3v) is 5.74. The van der Waals surface area contributed by atoms with E-state index in [9.17, 15) is 9.59 Å². The summed E-state index contributed by atoms with van der Waals surface area (Å²) in [6, 6.07) is 13.9. The molecule has 0 aromatic heterocycles. The van der Waals surface area contributed by atoms with Crippen molar-refractivity contribution in [3.05, 3.63) is 59.2 Å². The maximum atomic E-state index is 12.6. The molecular weight excluding hydrogens is 402 g/mol. The lowest BCUT2D eigenvalue weighted by molar-refractivity contribution is -0.136. The molecule has 0 aliphatic carbocycles. The van der Waals surface area contributed by atoms with Crippen LogP contribution in [0.2, 0.25) is 0 Å². The zero-order valence-electron chi connectivity index (χ0n) is 18.9. The predicted molar refractivity (Wildman–Crippen MR) is 128 cm³/mol. The molecule has 0 saturated carbocycles. The van der Waals surface area contributed by atoms with E-state index in [1.54, 1.807) is 0 Å². The van der Waals surface area contributed by atoms with Crippen molar-refractivity contribution in [2.45, 2.75) is 39.2 Å². The molecule has 1 saturated heterocycles. The van der Waals surface area contributed by atoms with Gasteiger partial charge < -0.3 is 15.0 Å². The van der Waals surface area contributed by atoms with Gasteiger partial charge in [-0.05, 0) is 73.7 Å². The zero-order chi connectivity index (χ0) is 22.7. The van der Waals surface area contributed by atoms with E-state index in [1.165, 1.54) is 7.11 Å². The lowest BCUT2D eigenvalue weighted by atomic mass is 9.99. The Morgan fingerprint density at radius 2 is 1.72 bits per heavy atom. The second-order valence-electron chi connectivity index (χ2n) is 8.51. The van der Waals surface area contributed by atoms with Crippen LogP contribution in [0.25, 0.3) is 17.2 Å². The molecule has 0 bridgehead atoms. The molecule has 6 heteroatoms. The van der Waals surface area contributed by atoms with Crippen molar-refractivity contribution in [2.75, 3.05) is 25.5 Å². The minimum Gasteiger partial charge on any atom is -0.466 e. The van der Waals surface area contributed by atoms with Crippen molar-refractivity contribution in [1.82, 2.24) is 4.90 Å². The molecule has 32 heavy (non-hydrogen) atoms. The Morgan fingerprint density at radius 1 is 1.03 bits per heavy atom. The average molecular weight is 432 g/mol. The van der Waals surface area contributed by atoms with Crippen LogP contribution in [-0.4, -0.2) is 48.9 Å². The predicted octanol–water partition coefficient (Wildman–Crippen LogP) is 4.77. The number of hydrogen-bond donors (Lipinski definition) is 1. The summed E-state index contributed by atoms with van der Waals surface area (Å²) in [5, 5.41) is 3.37. The first kappa shape index (κ1) is 21.8. The summed E-state index contributed by atoms with van der Waals surface area (Å²) in [6.45, 7) is 5.69. The van der Waals surface area contributed by atoms with Gasteiger partial charge >= 0.3 is 5.97 Å². The number of fused-ring (bicyclic) bond motifs is 1. The highest BCUT2D eigenvalue weighted by Gasteiger charge is 2.21. The van der Waals surface area contributed by atoms with Gasteiger partial charge in [-0.1, -0.05) is 18.2 Å². The number of nitrogens with zero attached hydrogens (tertiary/aromatic N) is 2. The first-order chi connectivity index (χ1) is 15.4. The lowest BCUT2D eigenvalue weighted by Gasteiger charge is -2.15. The summed E-state index contributed by atoms with van der Waals surface area (Å²) < 4.78 is 4.98. The average Bonchev–Trinajstić information content (AvgIpc) is 3.27. The number of likely N-dealkylation sites (tertiary alicyclic amines) is 1. The van der Waals surface area contributed by atoms with Crippen molar-refractivity contribution >= 4 is 29.5 Å². The van der Waals surface area contributed by atoms with Gasteiger partial charge in [0.25, 0.3) is 5.91 Å². The fourth-order valence-corrected chi connectivity index (χ4v) is 4.15. The molecule has 2 aliphatic rings. The number of methoxy groups -OCH3 is 1. The Labute approximate surface area is 189 Å². The number of aliphatic imine (C=N–C) groups is 1. The van der Waals surface area contributed by atoms with Gasteiger partial charge in [0.2, 0.25) is 0 Å². The zero-order valence-corrected chi connectivity index (χ0v) is 18.9. The first-order valence-corrected chi connectivity index (χ1v) is 11.1. The van der Waals surface area contributed by atoms with Gasteiger partial charge in [-0.3, -0.25) is 9.79 Å². The van der Waals surface area contributed by atoms with Crippen LogP contribution in [0.3, 0.4) is 0 Å². The van der Waals surface area contributed by atoms with Crippen molar-refractivity contribution in [3.63, 3.8) is 0 Å². The summed E-state index contributed by atoms with van der Waals surface area (Å²) in [7, 11) is 1.39. The number of ether oxygens (including phenoxy) is 1. The molecule has 2 aromatic carbocycles. The number of esters is 1. The Balaban J connectivity index is 1.64. The highest BCUT2D eigenvalue weighted by atomic mass is 16.5. The van der Waals surface area contributed by atoms with Crippen LogP contribution in [0, 0.1) is 0 Å². The number of carbonyl (C=O) groups is 2. The summed E-state index contributed by atoms with van der Waals surface area (Å²) in [5.74, 6) is 0.488.